The molecule has 0 saturated heterocycles. The van der Waals surface area contributed by atoms with Crippen molar-refractivity contribution in [2.45, 2.75) is 0 Å². The third kappa shape index (κ3) is 3.70. The standard InChI is InChI=1S/C16H15N3O4/c1-19(2)10-7-8-14(12(9-10)16(22)23)18-17-13-6-4-3-5-11(13)15(20)21/h3-9H,1-2H3,(H,20,21)(H,22,23). The molecule has 2 aromatic carbocycles. The second-order valence-electron chi connectivity index (χ2n) is 4.92. The molecule has 23 heavy (non-hydrogen) atoms. The predicted octanol–water partition coefficient (Wildman–Crippen LogP) is 3.56. The Morgan fingerprint density at radius 1 is 0.870 bits per heavy atom. The van der Waals surface area contributed by atoms with Crippen LogP contribution >= 0.6 is 0 Å². The first-order valence-corrected chi connectivity index (χ1v) is 6.69. The Morgan fingerprint density at radius 3 is 2.00 bits per heavy atom. The lowest BCUT2D eigenvalue weighted by Gasteiger charge is -2.13. The number of nitrogens with zero attached hydrogens (tertiary/aromatic N) is 3. The Labute approximate surface area is 132 Å². The molecular formula is C16H15N3O4. The molecule has 0 aromatic heterocycles. The van der Waals surface area contributed by atoms with Gasteiger partial charge in [0.2, 0.25) is 0 Å². The second kappa shape index (κ2) is 6.69. The molecular weight excluding hydrogens is 298 g/mol. The van der Waals surface area contributed by atoms with Crippen molar-refractivity contribution >= 4 is 29.0 Å². The first-order valence-electron chi connectivity index (χ1n) is 6.69. The molecule has 0 heterocycles. The highest BCUT2D eigenvalue weighted by atomic mass is 16.4. The van der Waals surface area contributed by atoms with E-state index in [2.05, 4.69) is 10.2 Å². The zero-order valence-electron chi connectivity index (χ0n) is 12.6. The molecule has 0 amide bonds. The summed E-state index contributed by atoms with van der Waals surface area (Å²) < 4.78 is 0. The van der Waals surface area contributed by atoms with Crippen LogP contribution in [0.25, 0.3) is 0 Å². The summed E-state index contributed by atoms with van der Waals surface area (Å²) in [7, 11) is 3.59. The maximum atomic E-state index is 11.4. The highest BCUT2D eigenvalue weighted by Gasteiger charge is 2.13. The largest absolute Gasteiger partial charge is 0.478 e. The second-order valence-corrected chi connectivity index (χ2v) is 4.92. The van der Waals surface area contributed by atoms with Crippen molar-refractivity contribution in [3.05, 3.63) is 53.6 Å². The molecule has 0 spiro atoms. The summed E-state index contributed by atoms with van der Waals surface area (Å²) in [6.07, 6.45) is 0. The minimum absolute atomic E-state index is 0.00182. The van der Waals surface area contributed by atoms with Gasteiger partial charge >= 0.3 is 11.9 Å². The van der Waals surface area contributed by atoms with E-state index in [-0.39, 0.29) is 22.5 Å². The maximum absolute atomic E-state index is 11.4. The van der Waals surface area contributed by atoms with Crippen LogP contribution in [0.4, 0.5) is 17.1 Å². The van der Waals surface area contributed by atoms with E-state index in [1.807, 2.05) is 0 Å². The summed E-state index contributed by atoms with van der Waals surface area (Å²) >= 11 is 0. The lowest BCUT2D eigenvalue weighted by Crippen LogP contribution is -2.09. The number of azo groups is 1. The van der Waals surface area contributed by atoms with Crippen LogP contribution in [-0.4, -0.2) is 36.2 Å². The van der Waals surface area contributed by atoms with Gasteiger partial charge in [-0.05, 0) is 30.3 Å². The van der Waals surface area contributed by atoms with Gasteiger partial charge in [0.25, 0.3) is 0 Å². The van der Waals surface area contributed by atoms with Crippen LogP contribution in [0, 0.1) is 0 Å². The SMILES string of the molecule is CN(C)c1ccc(N=Nc2ccccc2C(=O)O)c(C(=O)O)c1. The number of hydrogen-bond donors (Lipinski definition) is 2. The monoisotopic (exact) mass is 313 g/mol. The van der Waals surface area contributed by atoms with Crippen molar-refractivity contribution in [1.82, 2.24) is 0 Å². The summed E-state index contributed by atoms with van der Waals surface area (Å²) in [5.74, 6) is -2.25. The first-order chi connectivity index (χ1) is 10.9. The molecule has 2 rings (SSSR count). The molecule has 7 heteroatoms. The quantitative estimate of drug-likeness (QED) is 0.821. The fourth-order valence-electron chi connectivity index (χ4n) is 1.91. The van der Waals surface area contributed by atoms with E-state index >= 15 is 0 Å². The fourth-order valence-corrected chi connectivity index (χ4v) is 1.91. The van der Waals surface area contributed by atoms with Crippen LogP contribution in [0.5, 0.6) is 0 Å². The summed E-state index contributed by atoms with van der Waals surface area (Å²) in [6.45, 7) is 0. The Morgan fingerprint density at radius 2 is 1.43 bits per heavy atom. The average molecular weight is 313 g/mol. The van der Waals surface area contributed by atoms with Gasteiger partial charge in [0.05, 0.1) is 11.1 Å². The van der Waals surface area contributed by atoms with Crippen molar-refractivity contribution in [2.75, 3.05) is 19.0 Å². The Balaban J connectivity index is 2.44. The molecule has 2 N–H and O–H groups in total. The topological polar surface area (TPSA) is 103 Å². The molecule has 0 aliphatic heterocycles. The Bertz CT molecular complexity index is 785. The number of carboxylic acids is 2. The summed E-state index contributed by atoms with van der Waals surface area (Å²) in [5.41, 5.74) is 1.02. The minimum Gasteiger partial charge on any atom is -0.478 e. The number of rotatable bonds is 5. The third-order valence-corrected chi connectivity index (χ3v) is 3.13. The van der Waals surface area contributed by atoms with E-state index in [0.717, 1.165) is 0 Å². The van der Waals surface area contributed by atoms with Crippen molar-refractivity contribution in [3.63, 3.8) is 0 Å². The zero-order chi connectivity index (χ0) is 17.0. The highest BCUT2D eigenvalue weighted by Crippen LogP contribution is 2.27. The van der Waals surface area contributed by atoms with E-state index in [0.29, 0.717) is 5.69 Å². The van der Waals surface area contributed by atoms with Gasteiger partial charge in [-0.15, -0.1) is 10.2 Å². The Kier molecular flexibility index (Phi) is 4.70. The van der Waals surface area contributed by atoms with Crippen LogP contribution in [0.3, 0.4) is 0 Å². The van der Waals surface area contributed by atoms with Crippen molar-refractivity contribution < 1.29 is 19.8 Å². The van der Waals surface area contributed by atoms with Gasteiger partial charge in [-0.25, -0.2) is 9.59 Å². The number of aromatic carboxylic acids is 2. The third-order valence-electron chi connectivity index (χ3n) is 3.13. The van der Waals surface area contributed by atoms with Gasteiger partial charge in [-0.2, -0.15) is 0 Å². The number of carbonyl (C=O) groups is 2. The van der Waals surface area contributed by atoms with Gasteiger partial charge in [0.15, 0.2) is 0 Å². The van der Waals surface area contributed by atoms with E-state index in [1.54, 1.807) is 37.2 Å². The van der Waals surface area contributed by atoms with E-state index in [4.69, 9.17) is 5.11 Å². The molecule has 0 aliphatic rings. The molecule has 118 valence electrons. The van der Waals surface area contributed by atoms with Gasteiger partial charge in [0.1, 0.15) is 11.4 Å². The van der Waals surface area contributed by atoms with Gasteiger partial charge in [-0.3, -0.25) is 0 Å². The van der Waals surface area contributed by atoms with Crippen molar-refractivity contribution in [1.29, 1.82) is 0 Å². The summed E-state index contributed by atoms with van der Waals surface area (Å²) in [6, 6.07) is 10.9. The van der Waals surface area contributed by atoms with Crippen molar-refractivity contribution in [2.24, 2.45) is 10.2 Å². The molecule has 0 saturated carbocycles. The lowest BCUT2D eigenvalue weighted by molar-refractivity contribution is 0.0686. The molecule has 0 fully saturated rings. The number of anilines is 1. The average Bonchev–Trinajstić information content (AvgIpc) is 2.52. The van der Waals surface area contributed by atoms with Gasteiger partial charge < -0.3 is 15.1 Å². The highest BCUT2D eigenvalue weighted by molar-refractivity contribution is 5.95. The van der Waals surface area contributed by atoms with Crippen LogP contribution < -0.4 is 4.90 Å². The molecule has 2 aromatic rings. The first kappa shape index (κ1) is 16.2. The summed E-state index contributed by atoms with van der Waals surface area (Å²) in [5, 5.41) is 26.2. The normalized spacial score (nSPS) is 10.7. The van der Waals surface area contributed by atoms with E-state index in [1.165, 1.54) is 24.3 Å². The van der Waals surface area contributed by atoms with Gasteiger partial charge in [-0.1, -0.05) is 12.1 Å². The maximum Gasteiger partial charge on any atom is 0.338 e. The number of hydrogen-bond acceptors (Lipinski definition) is 5. The molecule has 0 aliphatic carbocycles. The molecule has 7 nitrogen and oxygen atoms in total. The minimum atomic E-state index is -1.13. The van der Waals surface area contributed by atoms with Crippen LogP contribution in [-0.2, 0) is 0 Å². The lowest BCUT2D eigenvalue weighted by atomic mass is 10.1. The van der Waals surface area contributed by atoms with Crippen LogP contribution in [0.1, 0.15) is 20.7 Å². The molecule has 0 bridgehead atoms. The smallest absolute Gasteiger partial charge is 0.338 e. The molecule has 0 atom stereocenters. The summed E-state index contributed by atoms with van der Waals surface area (Å²) in [4.78, 5) is 24.3. The van der Waals surface area contributed by atoms with Crippen molar-refractivity contribution in [3.8, 4) is 0 Å². The Hall–Kier alpha value is -3.22. The fraction of sp³-hybridized carbons (Fsp3) is 0.125. The van der Waals surface area contributed by atoms with Crippen LogP contribution in [0.15, 0.2) is 52.7 Å². The van der Waals surface area contributed by atoms with E-state index in [9.17, 15) is 14.7 Å². The predicted molar refractivity (Wildman–Crippen MR) is 85.3 cm³/mol. The zero-order valence-corrected chi connectivity index (χ0v) is 12.6. The molecule has 0 radical (unpaired) electrons. The van der Waals surface area contributed by atoms with E-state index < -0.39 is 11.9 Å². The number of carboxylic acid groups (broad SMARTS) is 2. The van der Waals surface area contributed by atoms with Crippen LogP contribution in [0.2, 0.25) is 0 Å². The molecule has 0 unspecified atom stereocenters. The van der Waals surface area contributed by atoms with Gasteiger partial charge in [0, 0.05) is 19.8 Å². The number of benzene rings is 2.